The van der Waals surface area contributed by atoms with E-state index in [2.05, 4.69) is 5.32 Å². The van der Waals surface area contributed by atoms with Crippen molar-refractivity contribution in [3.63, 3.8) is 0 Å². The van der Waals surface area contributed by atoms with Gasteiger partial charge < -0.3 is 5.32 Å². The first kappa shape index (κ1) is 10.8. The van der Waals surface area contributed by atoms with Crippen LogP contribution in [0.5, 0.6) is 0 Å². The number of anilines is 1. The van der Waals surface area contributed by atoms with Gasteiger partial charge in [0.25, 0.3) is 0 Å². The number of aryl methyl sites for hydroxylation is 1. The summed E-state index contributed by atoms with van der Waals surface area (Å²) in [7, 11) is 0. The molecule has 1 fully saturated rings. The van der Waals surface area contributed by atoms with Crippen LogP contribution >= 0.6 is 11.8 Å². The smallest absolute Gasteiger partial charge is 0.149 e. The van der Waals surface area contributed by atoms with Crippen molar-refractivity contribution in [2.75, 3.05) is 16.8 Å². The Balaban J connectivity index is 2.06. The van der Waals surface area contributed by atoms with Gasteiger partial charge >= 0.3 is 0 Å². The molecule has 82 valence electrons. The van der Waals surface area contributed by atoms with Crippen LogP contribution in [0, 0.1) is 12.7 Å². The molecular weight excluding hydrogens is 209 g/mol. The molecule has 0 aromatic heterocycles. The number of halogens is 1. The zero-order valence-electron chi connectivity index (χ0n) is 8.92. The standard InChI is InChI=1S/C12H16FNS/c1-9-3-2-4-11(12(9)13)14-10-5-7-15-8-6-10/h2-4,10,14H,5-8H2,1H3. The number of hydrogen-bond donors (Lipinski definition) is 1. The van der Waals surface area contributed by atoms with Gasteiger partial charge in [-0.25, -0.2) is 4.39 Å². The van der Waals surface area contributed by atoms with Crippen LogP contribution in [0.1, 0.15) is 18.4 Å². The van der Waals surface area contributed by atoms with Gasteiger partial charge in [0.2, 0.25) is 0 Å². The van der Waals surface area contributed by atoms with E-state index in [4.69, 9.17) is 0 Å². The van der Waals surface area contributed by atoms with E-state index in [0.717, 1.165) is 12.8 Å². The van der Waals surface area contributed by atoms with Crippen LogP contribution in [0.3, 0.4) is 0 Å². The fraction of sp³-hybridized carbons (Fsp3) is 0.500. The third kappa shape index (κ3) is 2.65. The molecule has 0 aliphatic carbocycles. The monoisotopic (exact) mass is 225 g/mol. The summed E-state index contributed by atoms with van der Waals surface area (Å²) in [4.78, 5) is 0. The summed E-state index contributed by atoms with van der Waals surface area (Å²) in [6.07, 6.45) is 2.27. The third-order valence-electron chi connectivity index (χ3n) is 2.77. The van der Waals surface area contributed by atoms with E-state index in [0.29, 0.717) is 17.3 Å². The third-order valence-corrected chi connectivity index (χ3v) is 3.82. The first-order valence-electron chi connectivity index (χ1n) is 5.37. The molecule has 0 bridgehead atoms. The number of hydrogen-bond acceptors (Lipinski definition) is 2. The second-order valence-corrected chi connectivity index (χ2v) is 5.19. The molecule has 15 heavy (non-hydrogen) atoms. The summed E-state index contributed by atoms with van der Waals surface area (Å²) < 4.78 is 13.7. The van der Waals surface area contributed by atoms with Gasteiger partial charge in [-0.3, -0.25) is 0 Å². The lowest BCUT2D eigenvalue weighted by atomic mass is 10.1. The van der Waals surface area contributed by atoms with Crippen LogP contribution in [0.15, 0.2) is 18.2 Å². The summed E-state index contributed by atoms with van der Waals surface area (Å²) in [5.41, 5.74) is 1.37. The summed E-state index contributed by atoms with van der Waals surface area (Å²) in [6, 6.07) is 5.97. The molecular formula is C12H16FNS. The Hall–Kier alpha value is -0.700. The van der Waals surface area contributed by atoms with Gasteiger partial charge in [0.1, 0.15) is 5.82 Å². The Labute approximate surface area is 94.5 Å². The molecule has 2 rings (SSSR count). The fourth-order valence-electron chi connectivity index (χ4n) is 1.82. The van der Waals surface area contributed by atoms with E-state index in [9.17, 15) is 4.39 Å². The van der Waals surface area contributed by atoms with E-state index in [1.54, 1.807) is 13.0 Å². The molecule has 1 aromatic carbocycles. The van der Waals surface area contributed by atoms with Gasteiger partial charge in [0, 0.05) is 6.04 Å². The van der Waals surface area contributed by atoms with Crippen molar-refractivity contribution in [1.29, 1.82) is 0 Å². The maximum atomic E-state index is 13.7. The highest BCUT2D eigenvalue weighted by atomic mass is 32.2. The van der Waals surface area contributed by atoms with Gasteiger partial charge in [0.05, 0.1) is 5.69 Å². The molecule has 1 aromatic rings. The van der Waals surface area contributed by atoms with Crippen LogP contribution < -0.4 is 5.32 Å². The molecule has 0 saturated carbocycles. The molecule has 0 spiro atoms. The normalized spacial score (nSPS) is 17.7. The molecule has 1 saturated heterocycles. The predicted molar refractivity (Wildman–Crippen MR) is 65.1 cm³/mol. The molecule has 0 unspecified atom stereocenters. The summed E-state index contributed by atoms with van der Waals surface area (Å²) in [6.45, 7) is 1.80. The van der Waals surface area contributed by atoms with Crippen molar-refractivity contribution >= 4 is 17.4 Å². The van der Waals surface area contributed by atoms with Crippen molar-refractivity contribution in [2.45, 2.75) is 25.8 Å². The van der Waals surface area contributed by atoms with Crippen LogP contribution in [0.2, 0.25) is 0 Å². The van der Waals surface area contributed by atoms with Crippen LogP contribution in [0.4, 0.5) is 10.1 Å². The van der Waals surface area contributed by atoms with Gasteiger partial charge in [0.15, 0.2) is 0 Å². The first-order chi connectivity index (χ1) is 7.27. The highest BCUT2D eigenvalue weighted by Crippen LogP contribution is 2.23. The minimum absolute atomic E-state index is 0.101. The quantitative estimate of drug-likeness (QED) is 0.827. The highest BCUT2D eigenvalue weighted by molar-refractivity contribution is 7.99. The summed E-state index contributed by atoms with van der Waals surface area (Å²) in [5, 5.41) is 3.30. The number of benzene rings is 1. The minimum Gasteiger partial charge on any atom is -0.380 e. The van der Waals surface area contributed by atoms with E-state index >= 15 is 0 Å². The topological polar surface area (TPSA) is 12.0 Å². The minimum atomic E-state index is -0.101. The SMILES string of the molecule is Cc1cccc(NC2CCSCC2)c1F. The maximum Gasteiger partial charge on any atom is 0.149 e. The number of thioether (sulfide) groups is 1. The van der Waals surface area contributed by atoms with Gasteiger partial charge in [-0.2, -0.15) is 11.8 Å². The van der Waals surface area contributed by atoms with E-state index < -0.39 is 0 Å². The zero-order chi connectivity index (χ0) is 10.7. The average molecular weight is 225 g/mol. The molecule has 1 aliphatic heterocycles. The Morgan fingerprint density at radius 2 is 2.07 bits per heavy atom. The second-order valence-electron chi connectivity index (χ2n) is 3.97. The molecule has 1 N–H and O–H groups in total. The summed E-state index contributed by atoms with van der Waals surface area (Å²) >= 11 is 1.98. The molecule has 1 nitrogen and oxygen atoms in total. The first-order valence-corrected chi connectivity index (χ1v) is 6.52. The molecule has 1 heterocycles. The Bertz CT molecular complexity index is 334. The highest BCUT2D eigenvalue weighted by Gasteiger charge is 2.15. The maximum absolute atomic E-state index is 13.7. The van der Waals surface area contributed by atoms with E-state index in [1.165, 1.54) is 11.5 Å². The number of nitrogens with one attached hydrogen (secondary N) is 1. The molecule has 0 atom stereocenters. The average Bonchev–Trinajstić information content (AvgIpc) is 2.26. The largest absolute Gasteiger partial charge is 0.380 e. The Morgan fingerprint density at radius 3 is 2.80 bits per heavy atom. The van der Waals surface area contributed by atoms with E-state index in [-0.39, 0.29) is 5.82 Å². The zero-order valence-corrected chi connectivity index (χ0v) is 9.74. The van der Waals surface area contributed by atoms with Crippen LogP contribution in [-0.2, 0) is 0 Å². The van der Waals surface area contributed by atoms with Crippen LogP contribution in [-0.4, -0.2) is 17.5 Å². The lowest BCUT2D eigenvalue weighted by Gasteiger charge is -2.24. The van der Waals surface area contributed by atoms with Gasteiger partial charge in [-0.15, -0.1) is 0 Å². The number of rotatable bonds is 2. The summed E-state index contributed by atoms with van der Waals surface area (Å²) in [5.74, 6) is 2.27. The molecule has 0 amide bonds. The molecule has 0 radical (unpaired) electrons. The van der Waals surface area contributed by atoms with Crippen molar-refractivity contribution in [2.24, 2.45) is 0 Å². The lowest BCUT2D eigenvalue weighted by molar-refractivity contribution is 0.607. The Kier molecular flexibility index (Phi) is 3.52. The Morgan fingerprint density at radius 1 is 1.33 bits per heavy atom. The van der Waals surface area contributed by atoms with Crippen molar-refractivity contribution in [3.05, 3.63) is 29.6 Å². The van der Waals surface area contributed by atoms with Crippen molar-refractivity contribution in [3.8, 4) is 0 Å². The predicted octanol–water partition coefficient (Wildman–Crippen LogP) is 3.44. The van der Waals surface area contributed by atoms with Gasteiger partial charge in [-0.05, 0) is 42.9 Å². The second kappa shape index (κ2) is 4.88. The van der Waals surface area contributed by atoms with Crippen molar-refractivity contribution in [1.82, 2.24) is 0 Å². The molecule has 1 aliphatic rings. The van der Waals surface area contributed by atoms with Gasteiger partial charge in [-0.1, -0.05) is 12.1 Å². The van der Waals surface area contributed by atoms with Crippen molar-refractivity contribution < 1.29 is 4.39 Å². The fourth-order valence-corrected chi connectivity index (χ4v) is 2.93. The molecule has 3 heteroatoms. The van der Waals surface area contributed by atoms with E-state index in [1.807, 2.05) is 23.9 Å². The van der Waals surface area contributed by atoms with Crippen LogP contribution in [0.25, 0.3) is 0 Å². The lowest BCUT2D eigenvalue weighted by Crippen LogP contribution is -2.25.